The van der Waals surface area contributed by atoms with Crippen molar-refractivity contribution < 1.29 is 9.53 Å². The second-order valence-electron chi connectivity index (χ2n) is 4.88. The molecule has 1 amide bonds. The molecule has 3 heteroatoms. The van der Waals surface area contributed by atoms with Gasteiger partial charge >= 0.3 is 0 Å². The van der Waals surface area contributed by atoms with E-state index in [1.54, 1.807) is 7.11 Å². The number of hydrogen-bond acceptors (Lipinski definition) is 2. The average Bonchev–Trinajstić information content (AvgIpc) is 2.67. The number of carbonyl (C=O) groups excluding carboxylic acids is 1. The van der Waals surface area contributed by atoms with E-state index in [4.69, 9.17) is 4.74 Å². The smallest absolute Gasteiger partial charge is 0.223 e. The first-order valence-electron chi connectivity index (χ1n) is 5.64. The van der Waals surface area contributed by atoms with Crippen LogP contribution in [0.3, 0.4) is 0 Å². The number of likely N-dealkylation sites (tertiary alicyclic amines) is 1. The van der Waals surface area contributed by atoms with E-state index in [1.807, 2.05) is 4.90 Å². The van der Waals surface area contributed by atoms with Gasteiger partial charge in [0.15, 0.2) is 0 Å². The first-order chi connectivity index (χ1) is 7.13. The minimum atomic E-state index is 0.0974. The fraction of sp³-hybridized carbons (Fsp3) is 0.750. The normalized spacial score (nSPS) is 34.3. The molecule has 1 heterocycles. The summed E-state index contributed by atoms with van der Waals surface area (Å²) >= 11 is 0. The van der Waals surface area contributed by atoms with Gasteiger partial charge in [-0.25, -0.2) is 0 Å². The Morgan fingerprint density at radius 1 is 1.53 bits per heavy atom. The van der Waals surface area contributed by atoms with Crippen molar-refractivity contribution in [3.8, 4) is 0 Å². The molecule has 1 saturated heterocycles. The van der Waals surface area contributed by atoms with E-state index in [0.29, 0.717) is 18.3 Å². The number of fused-ring (bicyclic) bond motifs is 1. The van der Waals surface area contributed by atoms with Crippen LogP contribution in [0.15, 0.2) is 12.2 Å². The molecule has 0 aromatic rings. The molecule has 2 rings (SSSR count). The molecule has 0 saturated carbocycles. The molecule has 1 fully saturated rings. The predicted molar refractivity (Wildman–Crippen MR) is 58.4 cm³/mol. The lowest BCUT2D eigenvalue weighted by Crippen LogP contribution is -2.43. The summed E-state index contributed by atoms with van der Waals surface area (Å²) in [5.74, 6) is 1.18. The van der Waals surface area contributed by atoms with Gasteiger partial charge < -0.3 is 9.64 Å². The van der Waals surface area contributed by atoms with Crippen LogP contribution in [0.5, 0.6) is 0 Å². The first kappa shape index (κ1) is 10.7. The molecule has 15 heavy (non-hydrogen) atoms. The van der Waals surface area contributed by atoms with E-state index >= 15 is 0 Å². The quantitative estimate of drug-likeness (QED) is 0.658. The summed E-state index contributed by atoms with van der Waals surface area (Å²) in [4.78, 5) is 13.8. The first-order valence-corrected chi connectivity index (χ1v) is 5.64. The van der Waals surface area contributed by atoms with Crippen molar-refractivity contribution in [2.24, 2.45) is 11.8 Å². The zero-order valence-electron chi connectivity index (χ0n) is 9.64. The van der Waals surface area contributed by atoms with Crippen LogP contribution in [0.25, 0.3) is 0 Å². The highest BCUT2D eigenvalue weighted by atomic mass is 16.5. The molecule has 0 spiro atoms. The van der Waals surface area contributed by atoms with E-state index in [2.05, 4.69) is 26.0 Å². The molecule has 3 nitrogen and oxygen atoms in total. The maximum Gasteiger partial charge on any atom is 0.223 e. The van der Waals surface area contributed by atoms with Gasteiger partial charge in [-0.3, -0.25) is 4.79 Å². The molecule has 0 aromatic carbocycles. The molecule has 0 N–H and O–H groups in total. The molecule has 0 radical (unpaired) electrons. The lowest BCUT2D eigenvalue weighted by molar-refractivity contribution is -0.130. The van der Waals surface area contributed by atoms with Crippen molar-refractivity contribution in [1.29, 1.82) is 0 Å². The molecule has 1 aliphatic heterocycles. The van der Waals surface area contributed by atoms with Crippen molar-refractivity contribution >= 4 is 5.91 Å². The van der Waals surface area contributed by atoms with E-state index in [0.717, 1.165) is 6.54 Å². The summed E-state index contributed by atoms with van der Waals surface area (Å²) in [6.45, 7) is 5.14. The molecule has 2 aliphatic rings. The fourth-order valence-electron chi connectivity index (χ4n) is 2.64. The highest BCUT2D eigenvalue weighted by Crippen LogP contribution is 2.35. The highest BCUT2D eigenvalue weighted by molar-refractivity contribution is 5.80. The lowest BCUT2D eigenvalue weighted by atomic mass is 10.0. The van der Waals surface area contributed by atoms with Gasteiger partial charge in [0.1, 0.15) is 0 Å². The predicted octanol–water partition coefficient (Wildman–Crippen LogP) is 1.44. The summed E-state index contributed by atoms with van der Waals surface area (Å²) in [7, 11) is 1.72. The summed E-state index contributed by atoms with van der Waals surface area (Å²) in [5, 5.41) is 0. The van der Waals surface area contributed by atoms with E-state index < -0.39 is 0 Å². The third-order valence-electron chi connectivity index (χ3n) is 3.25. The Morgan fingerprint density at radius 3 is 2.87 bits per heavy atom. The summed E-state index contributed by atoms with van der Waals surface area (Å²) < 4.78 is 5.40. The lowest BCUT2D eigenvalue weighted by Gasteiger charge is -2.29. The van der Waals surface area contributed by atoms with Gasteiger partial charge in [-0.15, -0.1) is 0 Å². The van der Waals surface area contributed by atoms with Gasteiger partial charge in [0, 0.05) is 26.0 Å². The minimum absolute atomic E-state index is 0.0974. The van der Waals surface area contributed by atoms with Gasteiger partial charge in [-0.2, -0.15) is 0 Å². The van der Waals surface area contributed by atoms with E-state index in [1.165, 1.54) is 0 Å². The number of nitrogens with zero attached hydrogens (tertiary/aromatic N) is 1. The van der Waals surface area contributed by atoms with Crippen LogP contribution in [0.4, 0.5) is 0 Å². The number of rotatable bonds is 3. The Bertz CT molecular complexity index is 285. The fourth-order valence-corrected chi connectivity index (χ4v) is 2.64. The SMILES string of the molecule is CO[C@@H]1C=C[C@H]2CC(=O)N(CC(C)C)[C@H]21. The Balaban J connectivity index is 2.13. The van der Waals surface area contributed by atoms with Crippen LogP contribution in [-0.4, -0.2) is 36.6 Å². The number of carbonyl (C=O) groups is 1. The number of hydrogen-bond donors (Lipinski definition) is 0. The summed E-state index contributed by atoms with van der Waals surface area (Å²) in [5.41, 5.74) is 0. The molecule has 1 aliphatic carbocycles. The maximum absolute atomic E-state index is 11.8. The molecule has 0 bridgehead atoms. The third kappa shape index (κ3) is 1.81. The van der Waals surface area contributed by atoms with Crippen LogP contribution in [0, 0.1) is 11.8 Å². The molecule has 0 unspecified atom stereocenters. The van der Waals surface area contributed by atoms with Crippen molar-refractivity contribution in [3.63, 3.8) is 0 Å². The molecular formula is C12H19NO2. The zero-order chi connectivity index (χ0) is 11.0. The molecule has 0 aromatic heterocycles. The van der Waals surface area contributed by atoms with Crippen LogP contribution in [0.1, 0.15) is 20.3 Å². The summed E-state index contributed by atoms with van der Waals surface area (Å²) in [6, 6.07) is 0.255. The van der Waals surface area contributed by atoms with Gasteiger partial charge in [0.25, 0.3) is 0 Å². The van der Waals surface area contributed by atoms with Crippen molar-refractivity contribution in [2.45, 2.75) is 32.4 Å². The monoisotopic (exact) mass is 209 g/mol. The second kappa shape index (κ2) is 3.97. The van der Waals surface area contributed by atoms with Crippen LogP contribution >= 0.6 is 0 Å². The van der Waals surface area contributed by atoms with Crippen molar-refractivity contribution in [2.75, 3.05) is 13.7 Å². The Labute approximate surface area is 91.1 Å². The minimum Gasteiger partial charge on any atom is -0.375 e. The third-order valence-corrected chi connectivity index (χ3v) is 3.25. The molecule has 3 atom stereocenters. The maximum atomic E-state index is 11.8. The molecular weight excluding hydrogens is 190 g/mol. The van der Waals surface area contributed by atoms with Crippen molar-refractivity contribution in [3.05, 3.63) is 12.2 Å². The van der Waals surface area contributed by atoms with Gasteiger partial charge in [-0.05, 0) is 5.92 Å². The standard InChI is InChI=1S/C12H19NO2/c1-8(2)7-13-11(14)6-9-4-5-10(15-3)12(9)13/h4-5,8-10,12H,6-7H2,1-3H3/t9-,10+,12+/m0/s1. The van der Waals surface area contributed by atoms with Crippen molar-refractivity contribution in [1.82, 2.24) is 4.90 Å². The Hall–Kier alpha value is -0.830. The number of ether oxygens (including phenoxy) is 1. The topological polar surface area (TPSA) is 29.5 Å². The largest absolute Gasteiger partial charge is 0.375 e. The second-order valence-corrected chi connectivity index (χ2v) is 4.88. The van der Waals surface area contributed by atoms with E-state index in [-0.39, 0.29) is 18.1 Å². The molecule has 84 valence electrons. The Kier molecular flexibility index (Phi) is 2.83. The van der Waals surface area contributed by atoms with Crippen LogP contribution in [-0.2, 0) is 9.53 Å². The van der Waals surface area contributed by atoms with E-state index in [9.17, 15) is 4.79 Å². The van der Waals surface area contributed by atoms with Gasteiger partial charge in [0.2, 0.25) is 5.91 Å². The summed E-state index contributed by atoms with van der Waals surface area (Å²) in [6.07, 6.45) is 4.99. The highest BCUT2D eigenvalue weighted by Gasteiger charge is 2.45. The van der Waals surface area contributed by atoms with Crippen LogP contribution < -0.4 is 0 Å². The number of methoxy groups -OCH3 is 1. The Morgan fingerprint density at radius 2 is 2.27 bits per heavy atom. The average molecular weight is 209 g/mol. The zero-order valence-corrected chi connectivity index (χ0v) is 9.64. The number of amides is 1. The van der Waals surface area contributed by atoms with Gasteiger partial charge in [0.05, 0.1) is 12.1 Å². The van der Waals surface area contributed by atoms with Crippen LogP contribution in [0.2, 0.25) is 0 Å². The van der Waals surface area contributed by atoms with Gasteiger partial charge in [-0.1, -0.05) is 26.0 Å².